The number of fused-ring (bicyclic) bond motifs is 1. The molecule has 12 heteroatoms. The van der Waals surface area contributed by atoms with Gasteiger partial charge in [0.15, 0.2) is 0 Å². The lowest BCUT2D eigenvalue weighted by molar-refractivity contribution is -0.155. The fourth-order valence-corrected chi connectivity index (χ4v) is 6.17. The summed E-state index contributed by atoms with van der Waals surface area (Å²) in [6.07, 6.45) is -3.67. The number of sulfonamides is 1. The molecule has 0 saturated carbocycles. The number of nitrogens with zero attached hydrogens (tertiary/aromatic N) is 2. The van der Waals surface area contributed by atoms with Gasteiger partial charge in [-0.1, -0.05) is 5.16 Å². The van der Waals surface area contributed by atoms with Crippen molar-refractivity contribution < 1.29 is 30.9 Å². The summed E-state index contributed by atoms with van der Waals surface area (Å²) < 4.78 is 69.2. The maximum atomic E-state index is 12.9. The van der Waals surface area contributed by atoms with Crippen LogP contribution in [0.1, 0.15) is 18.6 Å². The van der Waals surface area contributed by atoms with Crippen LogP contribution >= 0.6 is 11.3 Å². The highest BCUT2D eigenvalue weighted by Crippen LogP contribution is 2.36. The lowest BCUT2D eigenvalue weighted by Gasteiger charge is -2.33. The Morgan fingerprint density at radius 1 is 1.33 bits per heavy atom. The summed E-state index contributed by atoms with van der Waals surface area (Å²) in [5.41, 5.74) is 0.156. The van der Waals surface area contributed by atoms with Gasteiger partial charge in [0.05, 0.1) is 0 Å². The summed E-state index contributed by atoms with van der Waals surface area (Å²) in [4.78, 5) is 11.5. The molecular formula is C15H14F3N3O4S2. The number of nitrogens with one attached hydrogen (secondary N) is 1. The van der Waals surface area contributed by atoms with E-state index in [1.54, 1.807) is 0 Å². The van der Waals surface area contributed by atoms with E-state index in [9.17, 15) is 26.4 Å². The van der Waals surface area contributed by atoms with E-state index in [1.165, 1.54) is 15.8 Å². The summed E-state index contributed by atoms with van der Waals surface area (Å²) in [7, 11) is -3.81. The van der Waals surface area contributed by atoms with Gasteiger partial charge in [-0.2, -0.15) is 17.5 Å². The number of aromatic nitrogens is 1. The van der Waals surface area contributed by atoms with Gasteiger partial charge in [-0.05, 0) is 18.4 Å². The van der Waals surface area contributed by atoms with Gasteiger partial charge in [0.2, 0.25) is 11.7 Å². The Morgan fingerprint density at radius 2 is 2.11 bits per heavy atom. The van der Waals surface area contributed by atoms with Crippen LogP contribution in [0.25, 0.3) is 11.3 Å². The van der Waals surface area contributed by atoms with E-state index in [1.807, 2.05) is 0 Å². The second kappa shape index (κ2) is 6.31. The van der Waals surface area contributed by atoms with Crippen molar-refractivity contribution in [3.8, 4) is 11.3 Å². The van der Waals surface area contributed by atoms with Crippen LogP contribution in [-0.4, -0.2) is 42.9 Å². The third kappa shape index (κ3) is 3.36. The summed E-state index contributed by atoms with van der Waals surface area (Å²) in [6.45, 7) is 0.488. The maximum absolute atomic E-state index is 12.9. The number of rotatable bonds is 3. The van der Waals surface area contributed by atoms with E-state index >= 15 is 0 Å². The highest BCUT2D eigenvalue weighted by Gasteiger charge is 2.41. The average molecular weight is 421 g/mol. The topological polar surface area (TPSA) is 92.5 Å². The summed E-state index contributed by atoms with van der Waals surface area (Å²) >= 11 is 0.908. The largest absolute Gasteiger partial charge is 0.452 e. The number of hydrogen-bond acceptors (Lipinski definition) is 6. The van der Waals surface area contributed by atoms with Crippen LogP contribution in [0.2, 0.25) is 0 Å². The molecule has 146 valence electrons. The minimum absolute atomic E-state index is 0.0110. The smallest absolute Gasteiger partial charge is 0.352 e. The number of carbonyl (C=O) groups is 1. The zero-order chi connectivity index (χ0) is 19.4. The summed E-state index contributed by atoms with van der Waals surface area (Å²) in [6, 6.07) is 1.82. The van der Waals surface area contributed by atoms with Gasteiger partial charge in [0, 0.05) is 42.6 Å². The van der Waals surface area contributed by atoms with E-state index in [2.05, 4.69) is 15.0 Å². The first-order valence-electron chi connectivity index (χ1n) is 8.07. The predicted molar refractivity (Wildman–Crippen MR) is 88.2 cm³/mol. The van der Waals surface area contributed by atoms with Gasteiger partial charge in [0.25, 0.3) is 10.0 Å². The fourth-order valence-electron chi connectivity index (χ4n) is 3.36. The lowest BCUT2D eigenvalue weighted by atomic mass is 9.94. The van der Waals surface area contributed by atoms with Crippen molar-refractivity contribution in [2.45, 2.75) is 29.3 Å². The molecule has 0 spiro atoms. The van der Waals surface area contributed by atoms with Gasteiger partial charge >= 0.3 is 6.18 Å². The average Bonchev–Trinajstić information content (AvgIpc) is 3.31. The lowest BCUT2D eigenvalue weighted by Crippen LogP contribution is -2.48. The maximum Gasteiger partial charge on any atom is 0.452 e. The van der Waals surface area contributed by atoms with Gasteiger partial charge in [-0.25, -0.2) is 8.42 Å². The van der Waals surface area contributed by atoms with Crippen molar-refractivity contribution in [2.24, 2.45) is 5.92 Å². The third-order valence-electron chi connectivity index (χ3n) is 4.77. The molecule has 2 atom stereocenters. The van der Waals surface area contributed by atoms with Crippen molar-refractivity contribution in [3.63, 3.8) is 0 Å². The molecule has 0 unspecified atom stereocenters. The molecule has 0 aliphatic carbocycles. The van der Waals surface area contributed by atoms with E-state index in [-0.39, 0.29) is 39.9 Å². The van der Waals surface area contributed by atoms with Crippen LogP contribution in [-0.2, 0) is 21.0 Å². The molecule has 1 amide bonds. The molecule has 4 heterocycles. The molecular weight excluding hydrogens is 407 g/mol. The zero-order valence-corrected chi connectivity index (χ0v) is 15.3. The standard InChI is InChI=1S/C15H14F3N3O4S2/c16-15(17,18)12-5-10(20-25-12)9-4-14(26-7-9)27(23,24)21-2-1-8-3-13(22)19-11(8)6-21/h4-5,7-8,11H,1-3,6H2,(H,19,22)/t8-,11-/m1/s1. The van der Waals surface area contributed by atoms with Crippen LogP contribution in [0.15, 0.2) is 26.2 Å². The number of amides is 1. The summed E-state index contributed by atoms with van der Waals surface area (Å²) in [5, 5.41) is 7.58. The number of piperidine rings is 1. The molecule has 2 aliphatic rings. The van der Waals surface area contributed by atoms with Gasteiger partial charge in [-0.3, -0.25) is 4.79 Å². The van der Waals surface area contributed by atoms with Crippen LogP contribution in [0.5, 0.6) is 0 Å². The Bertz CT molecular complexity index is 983. The van der Waals surface area contributed by atoms with Gasteiger partial charge in [-0.15, -0.1) is 11.3 Å². The molecule has 27 heavy (non-hydrogen) atoms. The first-order valence-corrected chi connectivity index (χ1v) is 10.4. The fraction of sp³-hybridized carbons (Fsp3) is 0.467. The molecule has 1 N–H and O–H groups in total. The molecule has 2 saturated heterocycles. The highest BCUT2D eigenvalue weighted by atomic mass is 32.2. The molecule has 2 aromatic heterocycles. The van der Waals surface area contributed by atoms with Crippen molar-refractivity contribution in [1.29, 1.82) is 0 Å². The monoisotopic (exact) mass is 421 g/mol. The van der Waals surface area contributed by atoms with Gasteiger partial charge < -0.3 is 9.84 Å². The number of halogens is 3. The molecule has 0 radical (unpaired) electrons. The zero-order valence-electron chi connectivity index (χ0n) is 13.7. The van der Waals surface area contributed by atoms with Crippen molar-refractivity contribution in [2.75, 3.05) is 13.1 Å². The van der Waals surface area contributed by atoms with Crippen molar-refractivity contribution in [3.05, 3.63) is 23.3 Å². The Labute approximate surface area is 156 Å². The second-order valence-corrected chi connectivity index (χ2v) is 9.59. The van der Waals surface area contributed by atoms with E-state index in [0.717, 1.165) is 17.4 Å². The number of carbonyl (C=O) groups excluding carboxylic acids is 1. The second-order valence-electron chi connectivity index (χ2n) is 6.52. The molecule has 7 nitrogen and oxygen atoms in total. The number of alkyl halides is 3. The summed E-state index contributed by atoms with van der Waals surface area (Å²) in [5.74, 6) is -1.18. The molecule has 2 fully saturated rings. The van der Waals surface area contributed by atoms with Crippen molar-refractivity contribution >= 4 is 27.3 Å². The molecule has 4 rings (SSSR count). The first kappa shape index (κ1) is 18.4. The Morgan fingerprint density at radius 3 is 2.81 bits per heavy atom. The van der Waals surface area contributed by atoms with Gasteiger partial charge in [0.1, 0.15) is 9.90 Å². The molecule has 0 bridgehead atoms. The predicted octanol–water partition coefficient (Wildman–Crippen LogP) is 2.32. The SMILES string of the molecule is O=C1C[C@H]2CCN(S(=O)(=O)c3cc(-c4cc(C(F)(F)F)on4)cs3)C[C@H]2N1. The minimum atomic E-state index is -4.66. The van der Waals surface area contributed by atoms with E-state index < -0.39 is 22.0 Å². The van der Waals surface area contributed by atoms with Crippen LogP contribution in [0.4, 0.5) is 13.2 Å². The molecule has 2 aliphatic heterocycles. The number of hydrogen-bond donors (Lipinski definition) is 1. The number of thiophene rings is 1. The quantitative estimate of drug-likeness (QED) is 0.821. The molecule has 0 aromatic carbocycles. The highest BCUT2D eigenvalue weighted by molar-refractivity contribution is 7.91. The van der Waals surface area contributed by atoms with E-state index in [4.69, 9.17) is 0 Å². The van der Waals surface area contributed by atoms with E-state index in [0.29, 0.717) is 19.4 Å². The third-order valence-corrected chi connectivity index (χ3v) is 8.05. The van der Waals surface area contributed by atoms with Crippen LogP contribution < -0.4 is 5.32 Å². The van der Waals surface area contributed by atoms with Crippen LogP contribution in [0, 0.1) is 5.92 Å². The van der Waals surface area contributed by atoms with Crippen LogP contribution in [0.3, 0.4) is 0 Å². The minimum Gasteiger partial charge on any atom is -0.352 e. The Kier molecular flexibility index (Phi) is 4.31. The Hall–Kier alpha value is -1.92. The van der Waals surface area contributed by atoms with Crippen molar-refractivity contribution in [1.82, 2.24) is 14.8 Å². The normalized spacial score (nSPS) is 24.0. The first-order chi connectivity index (χ1) is 12.6. The Balaban J connectivity index is 1.55. The molecule has 2 aromatic rings.